The van der Waals surface area contributed by atoms with Gasteiger partial charge < -0.3 is 14.4 Å². The van der Waals surface area contributed by atoms with E-state index in [-0.39, 0.29) is 12.6 Å². The molecule has 1 amide bonds. The summed E-state index contributed by atoms with van der Waals surface area (Å²) in [6.07, 6.45) is -3.99. The number of hydrogen-bond donors (Lipinski definition) is 0. The van der Waals surface area contributed by atoms with Crippen molar-refractivity contribution >= 4 is 12.0 Å². The highest BCUT2D eigenvalue weighted by Gasteiger charge is 2.44. The van der Waals surface area contributed by atoms with Crippen molar-refractivity contribution < 1.29 is 40.6 Å². The van der Waals surface area contributed by atoms with Crippen molar-refractivity contribution in [3.05, 3.63) is 70.5 Å². The summed E-state index contributed by atoms with van der Waals surface area (Å²) in [5.74, 6) is 1.45. The number of anilines is 1. The molecule has 2 atom stereocenters. The number of carbonyl (C=O) groups is 1. The Labute approximate surface area is 262 Å². The maximum Gasteiger partial charge on any atom is 0.416 e. The molecule has 0 radical (unpaired) electrons. The predicted molar refractivity (Wildman–Crippen MR) is 157 cm³/mol. The third-order valence-electron chi connectivity index (χ3n) is 9.23. The Hall–Kier alpha value is -4.03. The highest BCUT2D eigenvalue weighted by Crippen LogP contribution is 2.43. The van der Waals surface area contributed by atoms with E-state index >= 15 is 0 Å². The molecule has 46 heavy (non-hydrogen) atoms. The lowest BCUT2D eigenvalue weighted by molar-refractivity contribution is -0.143. The SMILES string of the molecule is COc1ccc(C2CCCCC2)cc1-c1cnc(N2CCC2)nc1CN1C(=O)O[C@H](c2cc(C(F)(F)F)cc(C(F)(F)F)c2)[C@@H]1C. The second-order valence-corrected chi connectivity index (χ2v) is 12.2. The predicted octanol–water partition coefficient (Wildman–Crippen LogP) is 8.53. The van der Waals surface area contributed by atoms with Gasteiger partial charge in [-0.05, 0) is 73.6 Å². The number of ether oxygens (including phenoxy) is 2. The van der Waals surface area contributed by atoms with Gasteiger partial charge in [0.1, 0.15) is 11.9 Å². The Bertz CT molecular complexity index is 1570. The molecular formula is C33H34F6N4O3. The average molecular weight is 649 g/mol. The van der Waals surface area contributed by atoms with Gasteiger partial charge in [-0.2, -0.15) is 26.3 Å². The number of halogens is 6. The Morgan fingerprint density at radius 3 is 2.15 bits per heavy atom. The summed E-state index contributed by atoms with van der Waals surface area (Å²) in [7, 11) is 1.56. The first-order chi connectivity index (χ1) is 21.8. The number of cyclic esters (lactones) is 1. The second kappa shape index (κ2) is 12.3. The number of hydrogen-bond acceptors (Lipinski definition) is 6. The largest absolute Gasteiger partial charge is 0.496 e. The molecule has 1 aromatic heterocycles. The third-order valence-corrected chi connectivity index (χ3v) is 9.23. The smallest absolute Gasteiger partial charge is 0.416 e. The Morgan fingerprint density at radius 1 is 0.891 bits per heavy atom. The fourth-order valence-electron chi connectivity index (χ4n) is 6.51. The van der Waals surface area contributed by atoms with Gasteiger partial charge in [0, 0.05) is 30.4 Å². The van der Waals surface area contributed by atoms with Crippen LogP contribution in [0.3, 0.4) is 0 Å². The van der Waals surface area contributed by atoms with Gasteiger partial charge in [0.15, 0.2) is 0 Å². The number of amides is 1. The number of methoxy groups -OCH3 is 1. The summed E-state index contributed by atoms with van der Waals surface area (Å²) in [6, 6.07) is 6.38. The minimum absolute atomic E-state index is 0.0576. The molecule has 13 heteroatoms. The van der Waals surface area contributed by atoms with Crippen LogP contribution in [-0.4, -0.2) is 47.2 Å². The number of aromatic nitrogens is 2. The average Bonchev–Trinajstić information content (AvgIpc) is 3.28. The summed E-state index contributed by atoms with van der Waals surface area (Å²) in [4.78, 5) is 25.9. The Morgan fingerprint density at radius 2 is 1.57 bits per heavy atom. The van der Waals surface area contributed by atoms with Crippen LogP contribution in [0.25, 0.3) is 11.1 Å². The molecule has 2 aromatic carbocycles. The number of nitrogens with zero attached hydrogens (tertiary/aromatic N) is 4. The van der Waals surface area contributed by atoms with E-state index in [0.29, 0.717) is 41.0 Å². The lowest BCUT2D eigenvalue weighted by Crippen LogP contribution is -2.39. The van der Waals surface area contributed by atoms with Crippen LogP contribution in [0.2, 0.25) is 0 Å². The third kappa shape index (κ3) is 6.32. The molecule has 0 N–H and O–H groups in total. The van der Waals surface area contributed by atoms with Crippen LogP contribution < -0.4 is 9.64 Å². The van der Waals surface area contributed by atoms with Crippen molar-refractivity contribution in [2.45, 2.75) is 82.4 Å². The van der Waals surface area contributed by atoms with Gasteiger partial charge in [0.25, 0.3) is 0 Å². The minimum atomic E-state index is -5.03. The molecule has 3 fully saturated rings. The summed E-state index contributed by atoms with van der Waals surface area (Å²) < 4.78 is 92.8. The molecule has 3 aliphatic rings. The maximum atomic E-state index is 13.6. The molecular weight excluding hydrogens is 614 g/mol. The first kappa shape index (κ1) is 31.9. The Kier molecular flexibility index (Phi) is 8.53. The normalized spacial score (nSPS) is 20.9. The van der Waals surface area contributed by atoms with Crippen LogP contribution in [0.15, 0.2) is 42.6 Å². The van der Waals surface area contributed by atoms with Gasteiger partial charge in [0.05, 0.1) is 36.5 Å². The summed E-state index contributed by atoms with van der Waals surface area (Å²) in [5, 5.41) is 0. The molecule has 246 valence electrons. The number of benzene rings is 2. The zero-order chi connectivity index (χ0) is 32.8. The highest BCUT2D eigenvalue weighted by atomic mass is 19.4. The molecule has 0 bridgehead atoms. The molecule has 2 saturated heterocycles. The van der Waals surface area contributed by atoms with E-state index in [2.05, 4.69) is 17.1 Å². The van der Waals surface area contributed by atoms with Crippen molar-refractivity contribution in [1.82, 2.24) is 14.9 Å². The molecule has 6 rings (SSSR count). The van der Waals surface area contributed by atoms with Crippen LogP contribution in [-0.2, 0) is 23.6 Å². The zero-order valence-electron chi connectivity index (χ0n) is 25.4. The van der Waals surface area contributed by atoms with E-state index in [1.165, 1.54) is 18.2 Å². The van der Waals surface area contributed by atoms with Crippen molar-refractivity contribution in [1.29, 1.82) is 0 Å². The fraction of sp³-hybridized carbons (Fsp3) is 0.485. The Balaban J connectivity index is 1.37. The summed E-state index contributed by atoms with van der Waals surface area (Å²) in [6.45, 7) is 2.95. The lowest BCUT2D eigenvalue weighted by atomic mass is 9.83. The first-order valence-electron chi connectivity index (χ1n) is 15.4. The van der Waals surface area contributed by atoms with E-state index in [1.54, 1.807) is 13.3 Å². The van der Waals surface area contributed by atoms with Gasteiger partial charge in [0.2, 0.25) is 5.95 Å². The quantitative estimate of drug-likeness (QED) is 0.239. The van der Waals surface area contributed by atoms with E-state index in [0.717, 1.165) is 56.3 Å². The van der Waals surface area contributed by atoms with Crippen LogP contribution in [0, 0.1) is 0 Å². The van der Waals surface area contributed by atoms with Gasteiger partial charge in [-0.1, -0.05) is 25.3 Å². The van der Waals surface area contributed by atoms with Crippen LogP contribution in [0.4, 0.5) is 37.1 Å². The van der Waals surface area contributed by atoms with Crippen molar-refractivity contribution in [2.75, 3.05) is 25.1 Å². The standard InChI is InChI=1S/C33H34F6N4O3/c1-19-29(22-13-23(32(34,35)36)16-24(14-22)33(37,38)39)46-31(44)43(19)18-27-26(17-40-30(41-27)42-11-6-12-42)25-15-21(9-10-28(25)45-2)20-7-4-3-5-8-20/h9-10,13-17,19-20,29H,3-8,11-12,18H2,1-2H3/t19-,29-/m0/s1. The topological polar surface area (TPSA) is 67.8 Å². The van der Waals surface area contributed by atoms with Crippen LogP contribution in [0.5, 0.6) is 5.75 Å². The minimum Gasteiger partial charge on any atom is -0.496 e. The van der Waals surface area contributed by atoms with Crippen molar-refractivity contribution in [2.24, 2.45) is 0 Å². The van der Waals surface area contributed by atoms with E-state index in [1.807, 2.05) is 11.0 Å². The molecule has 0 unspecified atom stereocenters. The monoisotopic (exact) mass is 648 g/mol. The van der Waals surface area contributed by atoms with E-state index in [9.17, 15) is 31.1 Å². The van der Waals surface area contributed by atoms with E-state index in [4.69, 9.17) is 14.5 Å². The zero-order valence-corrected chi connectivity index (χ0v) is 25.4. The van der Waals surface area contributed by atoms with Gasteiger partial charge in [-0.15, -0.1) is 0 Å². The molecule has 2 aliphatic heterocycles. The molecule has 1 saturated carbocycles. The number of alkyl halides is 6. The molecule has 0 spiro atoms. The van der Waals surface area contributed by atoms with E-state index < -0.39 is 47.3 Å². The van der Waals surface area contributed by atoms with Crippen LogP contribution in [0.1, 0.15) is 85.4 Å². The number of rotatable bonds is 7. The van der Waals surface area contributed by atoms with Crippen molar-refractivity contribution in [3.63, 3.8) is 0 Å². The summed E-state index contributed by atoms with van der Waals surface area (Å²) in [5.41, 5.74) is -0.368. The van der Waals surface area contributed by atoms with Gasteiger partial charge in [-0.3, -0.25) is 4.90 Å². The highest BCUT2D eigenvalue weighted by molar-refractivity contribution is 5.75. The summed E-state index contributed by atoms with van der Waals surface area (Å²) >= 11 is 0. The molecule has 1 aliphatic carbocycles. The first-order valence-corrected chi connectivity index (χ1v) is 15.4. The second-order valence-electron chi connectivity index (χ2n) is 12.2. The van der Waals surface area contributed by atoms with Crippen LogP contribution >= 0.6 is 0 Å². The lowest BCUT2D eigenvalue weighted by Gasteiger charge is -2.31. The fourth-order valence-corrected chi connectivity index (χ4v) is 6.51. The van der Waals surface area contributed by atoms with Crippen molar-refractivity contribution in [3.8, 4) is 16.9 Å². The number of carbonyl (C=O) groups excluding carboxylic acids is 1. The molecule has 3 heterocycles. The van der Waals surface area contributed by atoms with Gasteiger partial charge in [-0.25, -0.2) is 14.8 Å². The van der Waals surface area contributed by atoms with Gasteiger partial charge >= 0.3 is 18.4 Å². The molecule has 7 nitrogen and oxygen atoms in total. The maximum absolute atomic E-state index is 13.6. The molecule has 3 aromatic rings.